The number of carbonyl (C=O) groups is 1. The molecule has 1 N–H and O–H groups in total. The van der Waals surface area contributed by atoms with Gasteiger partial charge in [0.25, 0.3) is 5.91 Å². The molecule has 44 heavy (non-hydrogen) atoms. The van der Waals surface area contributed by atoms with Crippen molar-refractivity contribution in [3.63, 3.8) is 0 Å². The maximum Gasteiger partial charge on any atom is 0.252 e. The number of aromatic nitrogens is 2. The maximum atomic E-state index is 13.6. The molecule has 5 heterocycles. The van der Waals surface area contributed by atoms with Crippen LogP contribution >= 0.6 is 0 Å². The number of hydrogen-bond donors (Lipinski definition) is 1. The number of carbonyl (C=O) groups excluding carboxylic acids is 1. The van der Waals surface area contributed by atoms with Crippen LogP contribution in [0.25, 0.3) is 43.6 Å². The lowest BCUT2D eigenvalue weighted by Gasteiger charge is -2.50. The molecule has 0 radical (unpaired) electrons. The van der Waals surface area contributed by atoms with Gasteiger partial charge in [0.15, 0.2) is 5.72 Å². The number of methoxy groups -OCH3 is 2. The van der Waals surface area contributed by atoms with Crippen molar-refractivity contribution in [3.05, 3.63) is 89.5 Å². The summed E-state index contributed by atoms with van der Waals surface area (Å²) in [5.41, 5.74) is 6.52. The Hall–Kier alpha value is -4.37. The molecule has 2 aromatic heterocycles. The van der Waals surface area contributed by atoms with E-state index in [0.717, 1.165) is 73.5 Å². The van der Waals surface area contributed by atoms with Crippen LogP contribution in [0.4, 0.5) is 0 Å². The Morgan fingerprint density at radius 1 is 0.977 bits per heavy atom. The second kappa shape index (κ2) is 9.08. The number of nitrogens with one attached hydrogen (secondary N) is 1. The van der Waals surface area contributed by atoms with Crippen molar-refractivity contribution in [1.29, 1.82) is 0 Å². The van der Waals surface area contributed by atoms with E-state index in [0.29, 0.717) is 6.54 Å². The highest BCUT2D eigenvalue weighted by Crippen LogP contribution is 2.54. The lowest BCUT2D eigenvalue weighted by Crippen LogP contribution is -2.60. The van der Waals surface area contributed by atoms with Gasteiger partial charge in [0.05, 0.1) is 34.7 Å². The maximum absolute atomic E-state index is 13.6. The first-order valence-electron chi connectivity index (χ1n) is 15.3. The molecule has 1 saturated heterocycles. The lowest BCUT2D eigenvalue weighted by molar-refractivity contribution is -0.268. The van der Waals surface area contributed by atoms with E-state index < -0.39 is 5.72 Å². The number of nitrogens with zero attached hydrogens (tertiary/aromatic N) is 3. The molecule has 2 bridgehead atoms. The molecule has 0 spiro atoms. The largest absolute Gasteiger partial charge is 0.497 e. The van der Waals surface area contributed by atoms with Crippen molar-refractivity contribution < 1.29 is 19.0 Å². The summed E-state index contributed by atoms with van der Waals surface area (Å²) in [5.74, 6) is 0.841. The molecule has 8 nitrogen and oxygen atoms in total. The van der Waals surface area contributed by atoms with Crippen molar-refractivity contribution in [3.8, 4) is 5.75 Å². The van der Waals surface area contributed by atoms with E-state index >= 15 is 0 Å². The van der Waals surface area contributed by atoms with Crippen molar-refractivity contribution in [1.82, 2.24) is 19.4 Å². The summed E-state index contributed by atoms with van der Waals surface area (Å²) in [4.78, 5) is 16.0. The van der Waals surface area contributed by atoms with Gasteiger partial charge in [-0.15, -0.1) is 0 Å². The molecule has 6 aromatic rings. The molecule has 3 aliphatic rings. The Morgan fingerprint density at radius 3 is 2.50 bits per heavy atom. The second-order valence-corrected chi connectivity index (χ2v) is 12.6. The number of ether oxygens (including phenoxy) is 3. The summed E-state index contributed by atoms with van der Waals surface area (Å²) in [5, 5.41) is 7.50. The van der Waals surface area contributed by atoms with E-state index in [-0.39, 0.29) is 24.3 Å². The van der Waals surface area contributed by atoms with Gasteiger partial charge < -0.3 is 28.7 Å². The number of fused-ring (bicyclic) bond motifs is 13. The fourth-order valence-electron chi connectivity index (χ4n) is 8.62. The summed E-state index contributed by atoms with van der Waals surface area (Å²) < 4.78 is 24.1. The molecule has 4 aromatic carbocycles. The van der Waals surface area contributed by atoms with E-state index in [1.807, 2.05) is 12.1 Å². The molecule has 222 valence electrons. The van der Waals surface area contributed by atoms with Crippen LogP contribution in [-0.2, 0) is 28.3 Å². The van der Waals surface area contributed by atoms with Gasteiger partial charge in [-0.3, -0.25) is 9.69 Å². The molecular weight excluding hydrogens is 552 g/mol. The van der Waals surface area contributed by atoms with Crippen LogP contribution in [0, 0.1) is 0 Å². The average Bonchev–Trinajstić information content (AvgIpc) is 3.68. The van der Waals surface area contributed by atoms with Crippen LogP contribution in [0.5, 0.6) is 5.75 Å². The topological polar surface area (TPSA) is 69.9 Å². The molecule has 0 unspecified atom stereocenters. The fraction of sp³-hybridized carbons (Fsp3) is 0.306. The summed E-state index contributed by atoms with van der Waals surface area (Å²) in [6, 6.07) is 25.3. The smallest absolute Gasteiger partial charge is 0.252 e. The minimum Gasteiger partial charge on any atom is -0.497 e. The first-order chi connectivity index (χ1) is 21.4. The summed E-state index contributed by atoms with van der Waals surface area (Å²) in [7, 11) is 5.68. The van der Waals surface area contributed by atoms with Crippen LogP contribution < -0.4 is 10.1 Å². The minimum atomic E-state index is -0.844. The Kier molecular flexibility index (Phi) is 5.38. The van der Waals surface area contributed by atoms with Crippen LogP contribution in [-0.4, -0.2) is 53.4 Å². The van der Waals surface area contributed by atoms with Crippen molar-refractivity contribution in [2.45, 2.75) is 50.5 Å². The molecule has 1 fully saturated rings. The summed E-state index contributed by atoms with van der Waals surface area (Å²) >= 11 is 0. The van der Waals surface area contributed by atoms with Gasteiger partial charge in [0.1, 0.15) is 18.1 Å². The third-order valence-electron chi connectivity index (χ3n) is 10.3. The second-order valence-electron chi connectivity index (χ2n) is 12.6. The van der Waals surface area contributed by atoms with Gasteiger partial charge in [0, 0.05) is 54.2 Å². The third kappa shape index (κ3) is 3.20. The van der Waals surface area contributed by atoms with Crippen LogP contribution in [0.3, 0.4) is 0 Å². The highest BCUT2D eigenvalue weighted by molar-refractivity contribution is 6.31. The minimum absolute atomic E-state index is 0.00773. The van der Waals surface area contributed by atoms with E-state index in [1.54, 1.807) is 14.2 Å². The standard InChI is InChI=1S/C36H34N4O4/c1-36-34(43-4)27(38(2)19-20-10-9-11-21(16-20)42-3)17-28(44-36)39-25-14-7-5-12-22(25)30-31-24(18-37-35(31)41)29-23-13-6-8-15-26(23)40(36)33(29)32(30)39/h5-16,27-28,34H,17-19H2,1-4H3,(H,37,41)/t27-,28-,34-,36+/m1/s1. The highest BCUT2D eigenvalue weighted by Gasteiger charge is 2.54. The van der Waals surface area contributed by atoms with Gasteiger partial charge in [0.2, 0.25) is 0 Å². The van der Waals surface area contributed by atoms with E-state index in [9.17, 15) is 4.79 Å². The van der Waals surface area contributed by atoms with Gasteiger partial charge in [-0.25, -0.2) is 0 Å². The van der Waals surface area contributed by atoms with Crippen molar-refractivity contribution in [2.75, 3.05) is 21.3 Å². The number of amides is 1. The first-order valence-corrected chi connectivity index (χ1v) is 15.3. The molecule has 8 heteroatoms. The van der Waals surface area contributed by atoms with E-state index in [1.165, 1.54) is 5.56 Å². The summed E-state index contributed by atoms with van der Waals surface area (Å²) in [6.45, 7) is 3.42. The highest BCUT2D eigenvalue weighted by atomic mass is 16.6. The molecule has 4 atom stereocenters. The first kappa shape index (κ1) is 26.1. The predicted molar refractivity (Wildman–Crippen MR) is 171 cm³/mol. The van der Waals surface area contributed by atoms with Gasteiger partial charge in [-0.05, 0) is 49.4 Å². The Morgan fingerprint density at radius 2 is 1.73 bits per heavy atom. The number of benzene rings is 4. The van der Waals surface area contributed by atoms with E-state index in [2.05, 4.69) is 94.0 Å². The van der Waals surface area contributed by atoms with Gasteiger partial charge in [-0.1, -0.05) is 48.5 Å². The van der Waals surface area contributed by atoms with Crippen molar-refractivity contribution in [2.24, 2.45) is 0 Å². The normalized spacial score (nSPS) is 24.1. The van der Waals surface area contributed by atoms with Crippen LogP contribution in [0.2, 0.25) is 0 Å². The third-order valence-corrected chi connectivity index (χ3v) is 10.3. The Bertz CT molecular complexity index is 2180. The van der Waals surface area contributed by atoms with Gasteiger partial charge >= 0.3 is 0 Å². The Balaban J connectivity index is 1.37. The molecule has 3 aliphatic heterocycles. The van der Waals surface area contributed by atoms with Crippen LogP contribution in [0.1, 0.15) is 41.1 Å². The molecule has 9 rings (SSSR count). The molecule has 0 saturated carbocycles. The monoisotopic (exact) mass is 586 g/mol. The Labute approximate surface area is 254 Å². The predicted octanol–water partition coefficient (Wildman–Crippen LogP) is 6.28. The zero-order valence-corrected chi connectivity index (χ0v) is 25.3. The molecule has 0 aliphatic carbocycles. The number of rotatable bonds is 5. The number of para-hydroxylation sites is 2. The molecular formula is C36H34N4O4. The average molecular weight is 587 g/mol. The SMILES string of the molecule is COc1cccc(CN(C)[C@@H]2C[C@H]3O[C@@](C)([C@@H]2OC)n2c4ccccc4c4c5c(c6c7ccccc7n3c6c42)C(=O)NC5)c1. The summed E-state index contributed by atoms with van der Waals surface area (Å²) in [6.07, 6.45) is 0.152. The number of likely N-dealkylation sites (N-methyl/N-ethyl adjacent to an activating group) is 1. The number of hydrogen-bond acceptors (Lipinski definition) is 5. The van der Waals surface area contributed by atoms with E-state index in [4.69, 9.17) is 14.2 Å². The van der Waals surface area contributed by atoms with Crippen LogP contribution in [0.15, 0.2) is 72.8 Å². The zero-order chi connectivity index (χ0) is 29.9. The van der Waals surface area contributed by atoms with Crippen molar-refractivity contribution >= 4 is 49.5 Å². The van der Waals surface area contributed by atoms with Gasteiger partial charge in [-0.2, -0.15) is 0 Å². The molecule has 1 amide bonds. The fourth-order valence-corrected chi connectivity index (χ4v) is 8.62. The lowest BCUT2D eigenvalue weighted by atomic mass is 9.91. The quantitative estimate of drug-likeness (QED) is 0.258. The zero-order valence-electron chi connectivity index (χ0n) is 25.3.